The van der Waals surface area contributed by atoms with Crippen molar-refractivity contribution < 1.29 is 28.6 Å². The van der Waals surface area contributed by atoms with Gasteiger partial charge in [0.2, 0.25) is 12.7 Å². The van der Waals surface area contributed by atoms with E-state index in [0.29, 0.717) is 28.5 Å². The van der Waals surface area contributed by atoms with E-state index in [9.17, 15) is 14.4 Å². The fraction of sp³-hybridized carbons (Fsp3) is 0.167. The van der Waals surface area contributed by atoms with E-state index < -0.39 is 11.8 Å². The number of ketones is 1. The van der Waals surface area contributed by atoms with Gasteiger partial charge < -0.3 is 25.3 Å². The summed E-state index contributed by atoms with van der Waals surface area (Å²) in [5.41, 5.74) is 6.09. The van der Waals surface area contributed by atoms with E-state index >= 15 is 0 Å². The lowest BCUT2D eigenvalue weighted by Gasteiger charge is -2.11. The molecule has 0 aliphatic carbocycles. The Kier molecular flexibility index (Phi) is 4.74. The van der Waals surface area contributed by atoms with Crippen molar-refractivity contribution in [3.8, 4) is 17.2 Å². The van der Waals surface area contributed by atoms with Gasteiger partial charge >= 0.3 is 0 Å². The van der Waals surface area contributed by atoms with Gasteiger partial charge in [-0.2, -0.15) is 0 Å². The highest BCUT2D eigenvalue weighted by Crippen LogP contribution is 2.37. The van der Waals surface area contributed by atoms with Crippen molar-refractivity contribution in [2.45, 2.75) is 6.92 Å². The minimum atomic E-state index is -0.591. The summed E-state index contributed by atoms with van der Waals surface area (Å²) in [5.74, 6) is -0.0714. The largest absolute Gasteiger partial charge is 0.484 e. The SMILES string of the molecule is CC(=O)c1cc2c(cc1NC(=O)COc1cccc(C(N)=O)c1)OCO2. The van der Waals surface area contributed by atoms with Gasteiger partial charge in [-0.15, -0.1) is 0 Å². The molecule has 134 valence electrons. The second-order valence-electron chi connectivity index (χ2n) is 5.54. The highest BCUT2D eigenvalue weighted by Gasteiger charge is 2.20. The summed E-state index contributed by atoms with van der Waals surface area (Å²) in [6.07, 6.45) is 0. The number of primary amides is 1. The summed E-state index contributed by atoms with van der Waals surface area (Å²) < 4.78 is 15.9. The Hall–Kier alpha value is -3.55. The first-order valence-electron chi connectivity index (χ1n) is 7.71. The number of nitrogens with one attached hydrogen (secondary N) is 1. The number of amides is 2. The molecule has 1 aliphatic rings. The third-order valence-corrected chi connectivity index (χ3v) is 3.65. The molecule has 8 heteroatoms. The van der Waals surface area contributed by atoms with E-state index in [1.807, 2.05) is 0 Å². The van der Waals surface area contributed by atoms with Gasteiger partial charge in [0.15, 0.2) is 23.9 Å². The van der Waals surface area contributed by atoms with E-state index in [-0.39, 0.29) is 24.7 Å². The number of rotatable bonds is 6. The van der Waals surface area contributed by atoms with Crippen molar-refractivity contribution in [2.24, 2.45) is 5.73 Å². The molecular formula is C18H16N2O6. The van der Waals surface area contributed by atoms with Gasteiger partial charge in [0.25, 0.3) is 5.91 Å². The fourth-order valence-corrected chi connectivity index (χ4v) is 2.41. The maximum atomic E-state index is 12.2. The van der Waals surface area contributed by atoms with E-state index in [2.05, 4.69) is 5.32 Å². The van der Waals surface area contributed by atoms with Crippen molar-refractivity contribution in [2.75, 3.05) is 18.7 Å². The predicted molar refractivity (Wildman–Crippen MR) is 91.7 cm³/mol. The number of nitrogens with two attached hydrogens (primary N) is 1. The molecule has 2 aromatic carbocycles. The van der Waals surface area contributed by atoms with Gasteiger partial charge in [-0.25, -0.2) is 0 Å². The molecule has 0 radical (unpaired) electrons. The summed E-state index contributed by atoms with van der Waals surface area (Å²) in [6.45, 7) is 1.14. The third-order valence-electron chi connectivity index (χ3n) is 3.65. The number of fused-ring (bicyclic) bond motifs is 1. The topological polar surface area (TPSA) is 117 Å². The number of hydrogen-bond donors (Lipinski definition) is 2. The molecule has 1 aliphatic heterocycles. The molecule has 0 unspecified atom stereocenters. The first-order chi connectivity index (χ1) is 12.4. The molecule has 0 bridgehead atoms. The lowest BCUT2D eigenvalue weighted by Crippen LogP contribution is -2.21. The minimum absolute atomic E-state index is 0.0589. The Morgan fingerprint density at radius 3 is 2.58 bits per heavy atom. The van der Waals surface area contributed by atoms with Crippen molar-refractivity contribution >= 4 is 23.3 Å². The average molecular weight is 356 g/mol. The van der Waals surface area contributed by atoms with E-state index in [1.165, 1.54) is 25.1 Å². The van der Waals surface area contributed by atoms with Gasteiger partial charge in [-0.3, -0.25) is 14.4 Å². The average Bonchev–Trinajstić information content (AvgIpc) is 3.06. The Labute approximate surface area is 148 Å². The maximum absolute atomic E-state index is 12.2. The summed E-state index contributed by atoms with van der Waals surface area (Å²) in [5, 5.41) is 2.62. The molecule has 0 saturated carbocycles. The van der Waals surface area contributed by atoms with Gasteiger partial charge in [-0.1, -0.05) is 6.07 Å². The van der Waals surface area contributed by atoms with Gasteiger partial charge in [-0.05, 0) is 31.2 Å². The lowest BCUT2D eigenvalue weighted by molar-refractivity contribution is -0.118. The number of hydrogen-bond acceptors (Lipinski definition) is 6. The molecule has 3 rings (SSSR count). The molecule has 8 nitrogen and oxygen atoms in total. The van der Waals surface area contributed by atoms with Crippen LogP contribution in [0.15, 0.2) is 36.4 Å². The monoisotopic (exact) mass is 356 g/mol. The predicted octanol–water partition coefficient (Wildman–Crippen LogP) is 1.73. The summed E-state index contributed by atoms with van der Waals surface area (Å²) in [7, 11) is 0. The number of carbonyl (C=O) groups excluding carboxylic acids is 3. The minimum Gasteiger partial charge on any atom is -0.484 e. The van der Waals surface area contributed by atoms with E-state index in [1.54, 1.807) is 18.2 Å². The zero-order valence-corrected chi connectivity index (χ0v) is 13.9. The first kappa shape index (κ1) is 17.3. The number of carbonyl (C=O) groups is 3. The first-order valence-corrected chi connectivity index (χ1v) is 7.71. The highest BCUT2D eigenvalue weighted by atomic mass is 16.7. The number of benzene rings is 2. The molecule has 2 amide bonds. The van der Waals surface area contributed by atoms with E-state index in [0.717, 1.165) is 0 Å². The van der Waals surface area contributed by atoms with Crippen LogP contribution in [0.2, 0.25) is 0 Å². The fourth-order valence-electron chi connectivity index (χ4n) is 2.41. The summed E-state index contributed by atoms with van der Waals surface area (Å²) in [4.78, 5) is 35.1. The number of Topliss-reactive ketones (excluding diaryl/α,β-unsaturated/α-hetero) is 1. The van der Waals surface area contributed by atoms with Crippen LogP contribution in [-0.4, -0.2) is 31.0 Å². The van der Waals surface area contributed by atoms with Crippen LogP contribution >= 0.6 is 0 Å². The van der Waals surface area contributed by atoms with Crippen LogP contribution in [0.5, 0.6) is 17.2 Å². The quantitative estimate of drug-likeness (QED) is 0.761. The molecule has 26 heavy (non-hydrogen) atoms. The van der Waals surface area contributed by atoms with Gasteiger partial charge in [0, 0.05) is 17.2 Å². The van der Waals surface area contributed by atoms with Crippen LogP contribution in [0.3, 0.4) is 0 Å². The zero-order valence-electron chi connectivity index (χ0n) is 13.9. The summed E-state index contributed by atoms with van der Waals surface area (Å²) >= 11 is 0. The van der Waals surface area contributed by atoms with Crippen LogP contribution in [-0.2, 0) is 4.79 Å². The smallest absolute Gasteiger partial charge is 0.262 e. The normalized spacial score (nSPS) is 11.7. The standard InChI is InChI=1S/C18H16N2O6/c1-10(21)13-6-15-16(26-9-25-15)7-14(13)20-17(22)8-24-12-4-2-3-11(5-12)18(19)23/h2-7H,8-9H2,1H3,(H2,19,23)(H,20,22). The van der Waals surface area contributed by atoms with Gasteiger partial charge in [0.05, 0.1) is 5.69 Å². The van der Waals surface area contributed by atoms with E-state index in [4.69, 9.17) is 19.9 Å². The zero-order chi connectivity index (χ0) is 18.7. The molecule has 0 aromatic heterocycles. The molecule has 0 fully saturated rings. The lowest BCUT2D eigenvalue weighted by atomic mass is 10.1. The van der Waals surface area contributed by atoms with Crippen molar-refractivity contribution in [1.29, 1.82) is 0 Å². The van der Waals surface area contributed by atoms with Crippen molar-refractivity contribution in [1.82, 2.24) is 0 Å². The van der Waals surface area contributed by atoms with Crippen LogP contribution < -0.4 is 25.3 Å². The Morgan fingerprint density at radius 1 is 1.15 bits per heavy atom. The Bertz CT molecular complexity index is 893. The molecule has 0 spiro atoms. The second-order valence-corrected chi connectivity index (χ2v) is 5.54. The molecule has 1 heterocycles. The molecular weight excluding hydrogens is 340 g/mol. The van der Waals surface area contributed by atoms with Gasteiger partial charge in [0.1, 0.15) is 5.75 Å². The molecule has 2 aromatic rings. The molecule has 0 atom stereocenters. The van der Waals surface area contributed by atoms with Crippen LogP contribution in [0, 0.1) is 0 Å². The summed E-state index contributed by atoms with van der Waals surface area (Å²) in [6, 6.07) is 9.24. The Morgan fingerprint density at radius 2 is 1.88 bits per heavy atom. The second kappa shape index (κ2) is 7.14. The number of ether oxygens (including phenoxy) is 3. The number of anilines is 1. The van der Waals surface area contributed by atoms with Crippen molar-refractivity contribution in [3.63, 3.8) is 0 Å². The maximum Gasteiger partial charge on any atom is 0.262 e. The van der Waals surface area contributed by atoms with Crippen LogP contribution in [0.25, 0.3) is 0 Å². The van der Waals surface area contributed by atoms with Crippen LogP contribution in [0.4, 0.5) is 5.69 Å². The molecule has 3 N–H and O–H groups in total. The Balaban J connectivity index is 1.69. The highest BCUT2D eigenvalue weighted by molar-refractivity contribution is 6.04. The van der Waals surface area contributed by atoms with Crippen LogP contribution in [0.1, 0.15) is 27.6 Å². The van der Waals surface area contributed by atoms with Crippen molar-refractivity contribution in [3.05, 3.63) is 47.5 Å². The molecule has 0 saturated heterocycles. The third kappa shape index (κ3) is 3.75.